The van der Waals surface area contributed by atoms with Crippen LogP contribution < -0.4 is 0 Å². The Bertz CT molecular complexity index is 606. The number of hydrogen-bond donors (Lipinski definition) is 0. The summed E-state index contributed by atoms with van der Waals surface area (Å²) in [6.07, 6.45) is 1.30. The van der Waals surface area contributed by atoms with Crippen LogP contribution in [0, 0.1) is 13.8 Å². The highest BCUT2D eigenvalue weighted by molar-refractivity contribution is 5.96. The summed E-state index contributed by atoms with van der Waals surface area (Å²) < 4.78 is 1.81. The maximum absolute atomic E-state index is 12.5. The smallest absolute Gasteiger partial charge is 0.185 e. The van der Waals surface area contributed by atoms with Crippen LogP contribution in [0.25, 0.3) is 0 Å². The topological polar surface area (TPSA) is 34.9 Å². The monoisotopic (exact) mass is 270 g/mol. The van der Waals surface area contributed by atoms with Crippen LogP contribution in [0.4, 0.5) is 0 Å². The molecule has 0 aliphatic heterocycles. The highest BCUT2D eigenvalue weighted by Gasteiger charge is 2.14. The first-order valence-corrected chi connectivity index (χ1v) is 7.20. The molecule has 20 heavy (non-hydrogen) atoms. The Morgan fingerprint density at radius 2 is 1.75 bits per heavy atom. The molecular weight excluding hydrogens is 248 g/mol. The number of hydrogen-bond acceptors (Lipinski definition) is 2. The molecule has 2 rings (SSSR count). The van der Waals surface area contributed by atoms with Gasteiger partial charge in [0.15, 0.2) is 5.78 Å². The van der Waals surface area contributed by atoms with Crippen molar-refractivity contribution in [2.24, 2.45) is 0 Å². The first-order valence-electron chi connectivity index (χ1n) is 7.20. The fourth-order valence-corrected chi connectivity index (χ4v) is 2.56. The van der Waals surface area contributed by atoms with Gasteiger partial charge < -0.3 is 0 Å². The van der Waals surface area contributed by atoms with Crippen molar-refractivity contribution < 1.29 is 4.79 Å². The first kappa shape index (κ1) is 14.5. The molecule has 0 unspecified atom stereocenters. The van der Waals surface area contributed by atoms with Crippen LogP contribution >= 0.6 is 0 Å². The van der Waals surface area contributed by atoms with E-state index in [1.165, 1.54) is 11.1 Å². The molecule has 2 aromatic rings. The number of carbonyl (C=O) groups excluding carboxylic acids is 1. The van der Waals surface area contributed by atoms with Crippen LogP contribution in [0.15, 0.2) is 24.3 Å². The van der Waals surface area contributed by atoms with E-state index in [1.807, 2.05) is 17.7 Å². The number of nitrogens with zero attached hydrogens (tertiary/aromatic N) is 2. The molecule has 0 saturated carbocycles. The Balaban J connectivity index is 2.25. The summed E-state index contributed by atoms with van der Waals surface area (Å²) >= 11 is 0. The van der Waals surface area contributed by atoms with Crippen molar-refractivity contribution in [2.45, 2.75) is 47.1 Å². The van der Waals surface area contributed by atoms with Crippen molar-refractivity contribution in [1.29, 1.82) is 0 Å². The highest BCUT2D eigenvalue weighted by Crippen LogP contribution is 2.14. The summed E-state index contributed by atoms with van der Waals surface area (Å²) in [5.41, 5.74) is 5.19. The molecule has 0 spiro atoms. The van der Waals surface area contributed by atoms with Gasteiger partial charge in [-0.3, -0.25) is 9.48 Å². The van der Waals surface area contributed by atoms with E-state index in [0.717, 1.165) is 29.9 Å². The van der Waals surface area contributed by atoms with Gasteiger partial charge in [-0.2, -0.15) is 5.10 Å². The summed E-state index contributed by atoms with van der Waals surface area (Å²) in [4.78, 5) is 12.5. The van der Waals surface area contributed by atoms with Gasteiger partial charge in [-0.05, 0) is 38.8 Å². The Morgan fingerprint density at radius 3 is 2.30 bits per heavy atom. The Labute approximate surface area is 120 Å². The van der Waals surface area contributed by atoms with E-state index in [-0.39, 0.29) is 5.78 Å². The molecule has 3 nitrogen and oxygen atoms in total. The lowest BCUT2D eigenvalue weighted by Crippen LogP contribution is -2.11. The zero-order valence-electron chi connectivity index (χ0n) is 12.7. The van der Waals surface area contributed by atoms with Gasteiger partial charge in [0.05, 0.1) is 5.69 Å². The van der Waals surface area contributed by atoms with Crippen LogP contribution in [0.3, 0.4) is 0 Å². The van der Waals surface area contributed by atoms with Crippen molar-refractivity contribution in [3.8, 4) is 0 Å². The third-order valence-corrected chi connectivity index (χ3v) is 3.42. The van der Waals surface area contributed by atoms with Gasteiger partial charge in [-0.15, -0.1) is 0 Å². The number of carbonyl (C=O) groups is 1. The third kappa shape index (κ3) is 3.16. The van der Waals surface area contributed by atoms with Crippen LogP contribution in [-0.4, -0.2) is 15.6 Å². The van der Waals surface area contributed by atoms with Gasteiger partial charge >= 0.3 is 0 Å². The number of ketones is 1. The molecule has 1 aromatic heterocycles. The molecule has 0 radical (unpaired) electrons. The molecule has 1 aromatic carbocycles. The molecule has 0 aliphatic carbocycles. The molecule has 1 heterocycles. The Kier molecular flexibility index (Phi) is 4.38. The highest BCUT2D eigenvalue weighted by atomic mass is 16.1. The SMILES string of the molecule is CCc1cc(C(=O)Cc2cc(C)cc(C)c2)n(CC)n1. The predicted molar refractivity (Wildman–Crippen MR) is 81.2 cm³/mol. The molecule has 0 atom stereocenters. The number of aromatic nitrogens is 2. The number of benzene rings is 1. The van der Waals surface area contributed by atoms with E-state index in [9.17, 15) is 4.79 Å². The number of rotatable bonds is 5. The second-order valence-electron chi connectivity index (χ2n) is 5.29. The van der Waals surface area contributed by atoms with Gasteiger partial charge in [-0.25, -0.2) is 0 Å². The lowest BCUT2D eigenvalue weighted by atomic mass is 10.0. The van der Waals surface area contributed by atoms with Crippen molar-refractivity contribution in [1.82, 2.24) is 9.78 Å². The second kappa shape index (κ2) is 6.04. The quantitative estimate of drug-likeness (QED) is 0.779. The molecular formula is C17H22N2O. The van der Waals surface area contributed by atoms with E-state index in [4.69, 9.17) is 0 Å². The van der Waals surface area contributed by atoms with E-state index in [0.29, 0.717) is 6.42 Å². The lowest BCUT2D eigenvalue weighted by Gasteiger charge is -2.06. The van der Waals surface area contributed by atoms with Crippen LogP contribution in [0.2, 0.25) is 0 Å². The van der Waals surface area contributed by atoms with Gasteiger partial charge in [0.2, 0.25) is 0 Å². The zero-order valence-corrected chi connectivity index (χ0v) is 12.7. The molecule has 3 heteroatoms. The molecule has 0 N–H and O–H groups in total. The minimum Gasteiger partial charge on any atom is -0.292 e. The average molecular weight is 270 g/mol. The fraction of sp³-hybridized carbons (Fsp3) is 0.412. The minimum atomic E-state index is 0.143. The van der Waals surface area contributed by atoms with Crippen molar-refractivity contribution >= 4 is 5.78 Å². The molecule has 106 valence electrons. The van der Waals surface area contributed by atoms with Crippen LogP contribution in [0.5, 0.6) is 0 Å². The summed E-state index contributed by atoms with van der Waals surface area (Å²) in [5.74, 6) is 0.143. The molecule has 0 amide bonds. The third-order valence-electron chi connectivity index (χ3n) is 3.42. The predicted octanol–water partition coefficient (Wildman–Crippen LogP) is 3.51. The van der Waals surface area contributed by atoms with Crippen molar-refractivity contribution in [3.05, 3.63) is 52.3 Å². The van der Waals surface area contributed by atoms with E-state index in [2.05, 4.69) is 44.1 Å². The van der Waals surface area contributed by atoms with Crippen LogP contribution in [0.1, 0.15) is 46.7 Å². The average Bonchev–Trinajstić information content (AvgIpc) is 2.80. The molecule has 0 aliphatic rings. The lowest BCUT2D eigenvalue weighted by molar-refractivity contribution is 0.0983. The summed E-state index contributed by atoms with van der Waals surface area (Å²) in [6, 6.07) is 8.21. The van der Waals surface area contributed by atoms with Gasteiger partial charge in [0.25, 0.3) is 0 Å². The van der Waals surface area contributed by atoms with E-state index in [1.54, 1.807) is 0 Å². The summed E-state index contributed by atoms with van der Waals surface area (Å²) in [6.45, 7) is 8.92. The Hall–Kier alpha value is -1.90. The standard InChI is InChI=1S/C17H22N2O/c1-5-15-11-16(19(6-2)18-15)17(20)10-14-8-12(3)7-13(4)9-14/h7-9,11H,5-6,10H2,1-4H3. The Morgan fingerprint density at radius 1 is 1.10 bits per heavy atom. The van der Waals surface area contributed by atoms with Gasteiger partial charge in [0.1, 0.15) is 5.69 Å². The van der Waals surface area contributed by atoms with E-state index >= 15 is 0 Å². The normalized spacial score (nSPS) is 10.8. The maximum Gasteiger partial charge on any atom is 0.185 e. The van der Waals surface area contributed by atoms with E-state index < -0.39 is 0 Å². The maximum atomic E-state index is 12.5. The van der Waals surface area contributed by atoms with Crippen molar-refractivity contribution in [2.75, 3.05) is 0 Å². The van der Waals surface area contributed by atoms with Crippen LogP contribution in [-0.2, 0) is 19.4 Å². The largest absolute Gasteiger partial charge is 0.292 e. The summed E-state index contributed by atoms with van der Waals surface area (Å²) in [5, 5.41) is 4.44. The molecule has 0 fully saturated rings. The first-order chi connectivity index (χ1) is 9.53. The number of Topliss-reactive ketones (excluding diaryl/α,β-unsaturated/α-hetero) is 1. The summed E-state index contributed by atoms with van der Waals surface area (Å²) in [7, 11) is 0. The number of aryl methyl sites for hydroxylation is 4. The molecule has 0 bridgehead atoms. The van der Waals surface area contributed by atoms with Gasteiger partial charge in [-0.1, -0.05) is 36.2 Å². The zero-order chi connectivity index (χ0) is 14.7. The minimum absolute atomic E-state index is 0.143. The van der Waals surface area contributed by atoms with Gasteiger partial charge in [0, 0.05) is 13.0 Å². The molecule has 0 saturated heterocycles. The second-order valence-corrected chi connectivity index (χ2v) is 5.29. The fourth-order valence-electron chi connectivity index (χ4n) is 2.56. The van der Waals surface area contributed by atoms with Crippen molar-refractivity contribution in [3.63, 3.8) is 0 Å².